The Morgan fingerprint density at radius 3 is 2.30 bits per heavy atom. The summed E-state index contributed by atoms with van der Waals surface area (Å²) in [4.78, 5) is 17.1. The van der Waals surface area contributed by atoms with Crippen LogP contribution in [-0.2, 0) is 9.53 Å². The molecule has 0 radical (unpaired) electrons. The fraction of sp³-hybridized carbons (Fsp3) is 0.944. The molecule has 0 saturated carbocycles. The number of carbonyl (C=O) groups is 1. The molecule has 2 aliphatic heterocycles. The summed E-state index contributed by atoms with van der Waals surface area (Å²) < 4.78 is 5.81. The van der Waals surface area contributed by atoms with E-state index in [0.29, 0.717) is 18.1 Å². The van der Waals surface area contributed by atoms with Crippen molar-refractivity contribution in [3.63, 3.8) is 0 Å². The minimum absolute atomic E-state index is 0.131. The molecule has 5 nitrogen and oxygen atoms in total. The van der Waals surface area contributed by atoms with Crippen molar-refractivity contribution in [2.45, 2.75) is 71.1 Å². The molecule has 0 aromatic rings. The Labute approximate surface area is 141 Å². The Morgan fingerprint density at radius 2 is 1.78 bits per heavy atom. The van der Waals surface area contributed by atoms with Gasteiger partial charge < -0.3 is 15.4 Å². The number of piperidine rings is 1. The van der Waals surface area contributed by atoms with Gasteiger partial charge in [0, 0.05) is 32.7 Å². The summed E-state index contributed by atoms with van der Waals surface area (Å²) >= 11 is 0. The fourth-order valence-electron chi connectivity index (χ4n) is 4.10. The van der Waals surface area contributed by atoms with Crippen molar-refractivity contribution in [2.75, 3.05) is 32.7 Å². The van der Waals surface area contributed by atoms with Gasteiger partial charge in [-0.1, -0.05) is 13.3 Å². The maximum atomic E-state index is 12.6. The number of hydrogen-bond donors (Lipinski definition) is 1. The van der Waals surface area contributed by atoms with Crippen LogP contribution in [0.15, 0.2) is 0 Å². The molecule has 3 unspecified atom stereocenters. The number of hydrogen-bond acceptors (Lipinski definition) is 4. The molecule has 0 aromatic carbocycles. The largest absolute Gasteiger partial charge is 0.373 e. The lowest BCUT2D eigenvalue weighted by atomic mass is 9.91. The zero-order valence-electron chi connectivity index (χ0n) is 15.4. The van der Waals surface area contributed by atoms with E-state index >= 15 is 0 Å². The van der Waals surface area contributed by atoms with Gasteiger partial charge in [0.25, 0.3) is 0 Å². The first-order chi connectivity index (χ1) is 10.8. The summed E-state index contributed by atoms with van der Waals surface area (Å²) in [6.45, 7) is 13.2. The highest BCUT2D eigenvalue weighted by atomic mass is 16.5. The highest BCUT2D eigenvalue weighted by Gasteiger charge is 2.34. The highest BCUT2D eigenvalue weighted by Crippen LogP contribution is 2.23. The Kier molecular flexibility index (Phi) is 6.46. The highest BCUT2D eigenvalue weighted by molar-refractivity contribution is 5.85. The van der Waals surface area contributed by atoms with Gasteiger partial charge in [-0.05, 0) is 46.0 Å². The van der Waals surface area contributed by atoms with E-state index in [9.17, 15) is 4.79 Å². The molecule has 2 aliphatic rings. The first-order valence-corrected chi connectivity index (χ1v) is 9.28. The van der Waals surface area contributed by atoms with Gasteiger partial charge in [-0.25, -0.2) is 0 Å². The first kappa shape index (κ1) is 18.7. The van der Waals surface area contributed by atoms with Crippen LogP contribution in [-0.4, -0.2) is 66.2 Å². The van der Waals surface area contributed by atoms with Gasteiger partial charge in [0.05, 0.1) is 17.7 Å². The van der Waals surface area contributed by atoms with Crippen molar-refractivity contribution in [1.29, 1.82) is 0 Å². The molecule has 134 valence electrons. The van der Waals surface area contributed by atoms with Crippen LogP contribution in [0.25, 0.3) is 0 Å². The van der Waals surface area contributed by atoms with Crippen LogP contribution in [0.4, 0.5) is 0 Å². The van der Waals surface area contributed by atoms with Gasteiger partial charge in [-0.15, -0.1) is 0 Å². The van der Waals surface area contributed by atoms with E-state index in [1.54, 1.807) is 0 Å². The minimum atomic E-state index is -0.698. The Bertz CT molecular complexity index is 382. The van der Waals surface area contributed by atoms with E-state index in [1.165, 1.54) is 0 Å². The molecule has 0 aromatic heterocycles. The monoisotopic (exact) mass is 325 g/mol. The lowest BCUT2D eigenvalue weighted by molar-refractivity contribution is -0.138. The quantitative estimate of drug-likeness (QED) is 0.838. The smallest absolute Gasteiger partial charge is 0.242 e. The van der Waals surface area contributed by atoms with Gasteiger partial charge in [-0.2, -0.15) is 0 Å². The number of morpholine rings is 1. The lowest BCUT2D eigenvalue weighted by Gasteiger charge is -2.40. The van der Waals surface area contributed by atoms with Crippen molar-refractivity contribution in [2.24, 2.45) is 11.7 Å². The molecule has 5 heteroatoms. The predicted molar refractivity (Wildman–Crippen MR) is 93.3 cm³/mol. The lowest BCUT2D eigenvalue weighted by Crippen LogP contribution is -2.55. The Hall–Kier alpha value is -0.650. The van der Waals surface area contributed by atoms with E-state index < -0.39 is 5.54 Å². The molecule has 1 amide bonds. The van der Waals surface area contributed by atoms with Crippen molar-refractivity contribution in [3.8, 4) is 0 Å². The van der Waals surface area contributed by atoms with Gasteiger partial charge in [-0.3, -0.25) is 9.69 Å². The summed E-state index contributed by atoms with van der Waals surface area (Å²) in [5.74, 6) is 0.818. The number of nitrogens with zero attached hydrogens (tertiary/aromatic N) is 2. The summed E-state index contributed by atoms with van der Waals surface area (Å²) in [7, 11) is 0. The minimum Gasteiger partial charge on any atom is -0.373 e. The third-order valence-electron chi connectivity index (χ3n) is 5.17. The van der Waals surface area contributed by atoms with Crippen LogP contribution in [0.2, 0.25) is 0 Å². The van der Waals surface area contributed by atoms with Gasteiger partial charge in [0.2, 0.25) is 5.91 Å². The van der Waals surface area contributed by atoms with Crippen LogP contribution in [0.3, 0.4) is 0 Å². The molecule has 2 rings (SSSR count). The molecule has 2 N–H and O–H groups in total. The molecule has 0 spiro atoms. The van der Waals surface area contributed by atoms with E-state index in [-0.39, 0.29) is 5.91 Å². The predicted octanol–water partition coefficient (Wildman–Crippen LogP) is 1.85. The Morgan fingerprint density at radius 1 is 1.22 bits per heavy atom. The van der Waals surface area contributed by atoms with E-state index in [4.69, 9.17) is 10.5 Å². The Balaban J connectivity index is 1.78. The van der Waals surface area contributed by atoms with Gasteiger partial charge >= 0.3 is 0 Å². The average molecular weight is 325 g/mol. The normalized spacial score (nSPS) is 30.2. The van der Waals surface area contributed by atoms with Crippen LogP contribution in [0.1, 0.15) is 53.4 Å². The number of likely N-dealkylation sites (tertiary alicyclic amines) is 1. The van der Waals surface area contributed by atoms with Crippen LogP contribution in [0, 0.1) is 5.92 Å². The molecule has 3 atom stereocenters. The molecule has 23 heavy (non-hydrogen) atoms. The SMILES string of the molecule is CCCC(C)(N)C(=O)N1CCC(CN2CC(C)OC(C)C2)CC1. The third kappa shape index (κ3) is 5.16. The molecule has 0 aliphatic carbocycles. The van der Waals surface area contributed by atoms with Crippen LogP contribution < -0.4 is 5.73 Å². The van der Waals surface area contributed by atoms with E-state index in [2.05, 4.69) is 25.7 Å². The van der Waals surface area contributed by atoms with Crippen molar-refractivity contribution < 1.29 is 9.53 Å². The third-order valence-corrected chi connectivity index (χ3v) is 5.17. The number of rotatable bonds is 5. The first-order valence-electron chi connectivity index (χ1n) is 9.28. The second-order valence-corrected chi connectivity index (χ2v) is 7.88. The zero-order valence-corrected chi connectivity index (χ0v) is 15.4. The standard InChI is InChI=1S/C18H35N3O2/c1-5-8-18(4,19)17(22)21-9-6-16(7-10-21)13-20-11-14(2)23-15(3)12-20/h14-16H,5-13,19H2,1-4H3. The average Bonchev–Trinajstić information content (AvgIpc) is 2.46. The van der Waals surface area contributed by atoms with E-state index in [0.717, 1.165) is 58.4 Å². The summed E-state index contributed by atoms with van der Waals surface area (Å²) in [5, 5.41) is 0. The van der Waals surface area contributed by atoms with Gasteiger partial charge in [0.1, 0.15) is 0 Å². The van der Waals surface area contributed by atoms with Crippen molar-refractivity contribution >= 4 is 5.91 Å². The molecular formula is C18H35N3O2. The van der Waals surface area contributed by atoms with E-state index in [1.807, 2.05) is 11.8 Å². The number of carbonyl (C=O) groups excluding carboxylic acids is 1. The fourth-order valence-corrected chi connectivity index (χ4v) is 4.10. The maximum Gasteiger partial charge on any atom is 0.242 e. The molecule has 0 bridgehead atoms. The topological polar surface area (TPSA) is 58.8 Å². The van der Waals surface area contributed by atoms with Crippen LogP contribution >= 0.6 is 0 Å². The van der Waals surface area contributed by atoms with Crippen molar-refractivity contribution in [1.82, 2.24) is 9.80 Å². The second-order valence-electron chi connectivity index (χ2n) is 7.88. The molecule has 2 saturated heterocycles. The van der Waals surface area contributed by atoms with Gasteiger partial charge in [0.15, 0.2) is 0 Å². The summed E-state index contributed by atoms with van der Waals surface area (Å²) in [5.41, 5.74) is 5.51. The van der Waals surface area contributed by atoms with Crippen LogP contribution in [0.5, 0.6) is 0 Å². The number of amides is 1. The van der Waals surface area contributed by atoms with Crippen molar-refractivity contribution in [3.05, 3.63) is 0 Å². The molecule has 2 heterocycles. The molecule has 2 fully saturated rings. The summed E-state index contributed by atoms with van der Waals surface area (Å²) in [6.07, 6.45) is 4.54. The zero-order chi connectivity index (χ0) is 17.0. The number of nitrogens with two attached hydrogens (primary N) is 1. The molecular weight excluding hydrogens is 290 g/mol. The maximum absolute atomic E-state index is 12.6. The number of ether oxygens (including phenoxy) is 1. The second kappa shape index (κ2) is 7.95. The summed E-state index contributed by atoms with van der Waals surface area (Å²) in [6, 6.07) is 0.